The summed E-state index contributed by atoms with van der Waals surface area (Å²) in [6.07, 6.45) is 4.74. The number of ether oxygens (including phenoxy) is 2. The van der Waals surface area contributed by atoms with Crippen LogP contribution in [0.25, 0.3) is 0 Å². The van der Waals surface area contributed by atoms with Gasteiger partial charge in [-0.05, 0) is 0 Å². The fourth-order valence-electron chi connectivity index (χ4n) is 2.33. The molecule has 3 heteroatoms. The summed E-state index contributed by atoms with van der Waals surface area (Å²) in [5.41, 5.74) is 1.27. The molecule has 100 valence electrons. The fourth-order valence-corrected chi connectivity index (χ4v) is 5.48. The summed E-state index contributed by atoms with van der Waals surface area (Å²) in [6, 6.07) is 6.16. The van der Waals surface area contributed by atoms with Crippen molar-refractivity contribution in [2.24, 2.45) is 0 Å². The van der Waals surface area contributed by atoms with E-state index in [1.807, 2.05) is 6.07 Å². The minimum absolute atomic E-state index is 0.845. The van der Waals surface area contributed by atoms with Gasteiger partial charge in [-0.25, -0.2) is 0 Å². The van der Waals surface area contributed by atoms with Gasteiger partial charge in [0.25, 0.3) is 0 Å². The summed E-state index contributed by atoms with van der Waals surface area (Å²) in [4.78, 5) is 4.96. The van der Waals surface area contributed by atoms with Crippen molar-refractivity contribution < 1.29 is 9.47 Å². The molecule has 1 aromatic carbocycles. The topological polar surface area (TPSA) is 18.5 Å². The van der Waals surface area contributed by atoms with Gasteiger partial charge in [0.05, 0.1) is 0 Å². The van der Waals surface area contributed by atoms with E-state index >= 15 is 0 Å². The second-order valence-corrected chi connectivity index (χ2v) is 15.0. The summed E-state index contributed by atoms with van der Waals surface area (Å²) >= 11 is -0.985. The van der Waals surface area contributed by atoms with Gasteiger partial charge in [0.2, 0.25) is 0 Å². The summed E-state index contributed by atoms with van der Waals surface area (Å²) < 4.78 is 13.1. The molecule has 0 aliphatic carbocycles. The number of hydrogen-bond acceptors (Lipinski definition) is 2. The van der Waals surface area contributed by atoms with E-state index in [0.29, 0.717) is 0 Å². The van der Waals surface area contributed by atoms with Crippen molar-refractivity contribution in [3.8, 4) is 11.5 Å². The van der Waals surface area contributed by atoms with Gasteiger partial charge in [0.1, 0.15) is 0 Å². The maximum atomic E-state index is 5.93. The number of fused-ring (bicyclic) bond motifs is 1. The number of benzene rings is 1. The minimum atomic E-state index is -0.985. The number of hydrogen-bond donors (Lipinski definition) is 0. The number of unbranched alkanes of at least 4 members (excludes halogenated alkanes) is 1. The van der Waals surface area contributed by atoms with E-state index in [1.54, 1.807) is 0 Å². The molecule has 0 amide bonds. The quantitative estimate of drug-likeness (QED) is 0.573. The summed E-state index contributed by atoms with van der Waals surface area (Å²) in [5.74, 6) is 2.07. The molecule has 0 radical (unpaired) electrons. The Hall–Kier alpha value is -0.381. The molecule has 0 bridgehead atoms. The molecule has 0 fully saturated rings. The van der Waals surface area contributed by atoms with E-state index in [1.165, 1.54) is 22.8 Å². The molecule has 0 saturated carbocycles. The van der Waals surface area contributed by atoms with Crippen molar-refractivity contribution in [3.63, 3.8) is 0 Å². The van der Waals surface area contributed by atoms with Crippen LogP contribution in [0.1, 0.15) is 24.8 Å². The Kier molecular flexibility index (Phi) is 5.67. The van der Waals surface area contributed by atoms with Crippen LogP contribution in [0.3, 0.4) is 0 Å². The Balaban J connectivity index is 1.82. The third-order valence-corrected chi connectivity index (χ3v) is 7.81. The summed E-state index contributed by atoms with van der Waals surface area (Å²) in [6.45, 7) is 1.70. The molecule has 0 N–H and O–H groups in total. The third kappa shape index (κ3) is 4.08. The Morgan fingerprint density at radius 1 is 1.28 bits per heavy atom. The Morgan fingerprint density at radius 3 is 3.00 bits per heavy atom. The molecule has 0 saturated heterocycles. The summed E-state index contributed by atoms with van der Waals surface area (Å²) in [5, 5.41) is 0. The van der Waals surface area contributed by atoms with Crippen LogP contribution in [0.5, 0.6) is 11.5 Å². The predicted molar refractivity (Wildman–Crippen MR) is 78.7 cm³/mol. The van der Waals surface area contributed by atoms with Crippen LogP contribution >= 0.6 is 0 Å². The Labute approximate surface area is 117 Å². The molecule has 1 heterocycles. The van der Waals surface area contributed by atoms with Crippen LogP contribution < -0.4 is 9.47 Å². The van der Waals surface area contributed by atoms with E-state index in [2.05, 4.69) is 22.0 Å². The third-order valence-electron chi connectivity index (χ3n) is 3.35. The number of rotatable bonds is 6. The first-order valence-electron chi connectivity index (χ1n) is 7.15. The molecule has 0 unspecified atom stereocenters. The molecule has 0 aromatic heterocycles. The SMILES string of the molecule is [CH3][SnH]([CH3])[CH2]CCCOc1cccc2c1CCCO2. The average molecular weight is 355 g/mol. The van der Waals surface area contributed by atoms with Gasteiger partial charge >= 0.3 is 118 Å². The second-order valence-electron chi connectivity index (χ2n) is 5.42. The van der Waals surface area contributed by atoms with Crippen molar-refractivity contribution in [1.82, 2.24) is 0 Å². The van der Waals surface area contributed by atoms with Crippen molar-refractivity contribution in [3.05, 3.63) is 23.8 Å². The fraction of sp³-hybridized carbons (Fsp3) is 0.600. The first kappa shape index (κ1) is 14.0. The van der Waals surface area contributed by atoms with Gasteiger partial charge in [-0.15, -0.1) is 0 Å². The molecule has 1 aliphatic heterocycles. The molecular weight excluding hydrogens is 331 g/mol. The van der Waals surface area contributed by atoms with E-state index in [9.17, 15) is 0 Å². The first-order chi connectivity index (χ1) is 8.77. The van der Waals surface area contributed by atoms with Gasteiger partial charge in [-0.1, -0.05) is 0 Å². The van der Waals surface area contributed by atoms with Gasteiger partial charge in [0.15, 0.2) is 0 Å². The van der Waals surface area contributed by atoms with Gasteiger partial charge in [-0.2, -0.15) is 0 Å². The van der Waals surface area contributed by atoms with Crippen LogP contribution in [0.15, 0.2) is 18.2 Å². The molecule has 0 spiro atoms. The Morgan fingerprint density at radius 2 is 2.17 bits per heavy atom. The van der Waals surface area contributed by atoms with E-state index < -0.39 is 19.8 Å². The zero-order valence-electron chi connectivity index (χ0n) is 11.6. The zero-order chi connectivity index (χ0) is 12.8. The van der Waals surface area contributed by atoms with Crippen molar-refractivity contribution in [2.45, 2.75) is 40.0 Å². The van der Waals surface area contributed by atoms with Gasteiger partial charge in [0, 0.05) is 0 Å². The monoisotopic (exact) mass is 356 g/mol. The van der Waals surface area contributed by atoms with Crippen molar-refractivity contribution in [1.29, 1.82) is 0 Å². The molecule has 18 heavy (non-hydrogen) atoms. The normalized spacial score (nSPS) is 14.2. The second kappa shape index (κ2) is 7.27. The van der Waals surface area contributed by atoms with Crippen molar-refractivity contribution in [2.75, 3.05) is 13.2 Å². The molecule has 1 aromatic rings. The van der Waals surface area contributed by atoms with E-state index in [0.717, 1.165) is 37.6 Å². The molecule has 2 rings (SSSR count). The van der Waals surface area contributed by atoms with Crippen molar-refractivity contribution >= 4 is 19.8 Å². The van der Waals surface area contributed by atoms with Crippen LogP contribution in [0, 0.1) is 0 Å². The van der Waals surface area contributed by atoms with Crippen LogP contribution in [-0.2, 0) is 6.42 Å². The zero-order valence-corrected chi connectivity index (χ0v) is 14.9. The van der Waals surface area contributed by atoms with Gasteiger partial charge in [-0.3, -0.25) is 0 Å². The molecular formula is C15H24O2Sn. The first-order valence-corrected chi connectivity index (χ1v) is 16.1. The van der Waals surface area contributed by atoms with Crippen LogP contribution in [0.2, 0.25) is 14.3 Å². The standard InChI is InChI=1S/C13H17O2.2CH3.Sn.H/c1-2-3-9-14-12-7-4-8-13-11(12)6-5-10-15-13;;;;/h4,7-8H,1-3,5-6,9-10H2;2*1H3;;. The summed E-state index contributed by atoms with van der Waals surface area (Å²) in [7, 11) is 0. The Bertz CT molecular complexity index is 377. The molecule has 2 nitrogen and oxygen atoms in total. The van der Waals surface area contributed by atoms with Gasteiger partial charge < -0.3 is 0 Å². The maximum absolute atomic E-state index is 5.93. The van der Waals surface area contributed by atoms with Crippen LogP contribution in [-0.4, -0.2) is 33.0 Å². The van der Waals surface area contributed by atoms with E-state index in [-0.39, 0.29) is 0 Å². The molecule has 1 aliphatic rings. The molecule has 0 atom stereocenters. The predicted octanol–water partition coefficient (Wildman–Crippen LogP) is 3.66. The average Bonchev–Trinajstić information content (AvgIpc) is 2.38. The van der Waals surface area contributed by atoms with E-state index in [4.69, 9.17) is 9.47 Å². The van der Waals surface area contributed by atoms with Crippen LogP contribution in [0.4, 0.5) is 0 Å².